The zero-order valence-corrected chi connectivity index (χ0v) is 11.1. The molecule has 0 unspecified atom stereocenters. The van der Waals surface area contributed by atoms with E-state index in [0.29, 0.717) is 24.2 Å². The predicted molar refractivity (Wildman–Crippen MR) is 73.7 cm³/mol. The Morgan fingerprint density at radius 1 is 1.35 bits per heavy atom. The van der Waals surface area contributed by atoms with Crippen LogP contribution in [-0.2, 0) is 0 Å². The van der Waals surface area contributed by atoms with Crippen LogP contribution in [0.3, 0.4) is 0 Å². The Labute approximate surface area is 116 Å². The summed E-state index contributed by atoms with van der Waals surface area (Å²) in [4.78, 5) is 23.6. The van der Waals surface area contributed by atoms with Crippen LogP contribution in [0.25, 0.3) is 5.69 Å². The number of carbonyl (C=O) groups is 1. The Kier molecular flexibility index (Phi) is 4.54. The minimum atomic E-state index is -0.216. The maximum atomic E-state index is 12.2. The number of amides is 1. The van der Waals surface area contributed by atoms with Crippen LogP contribution in [0.15, 0.2) is 35.8 Å². The number of nitroso groups, excluding NO2 is 1. The molecule has 104 valence electrons. The third-order valence-electron chi connectivity index (χ3n) is 2.74. The van der Waals surface area contributed by atoms with Gasteiger partial charge in [0.2, 0.25) is 0 Å². The van der Waals surface area contributed by atoms with Gasteiger partial charge in [-0.25, -0.2) is 0 Å². The van der Waals surface area contributed by atoms with Crippen LogP contribution in [0.4, 0.5) is 0 Å². The molecule has 2 rings (SSSR count). The zero-order chi connectivity index (χ0) is 14.4. The second kappa shape index (κ2) is 6.55. The lowest BCUT2D eigenvalue weighted by atomic mass is 10.1. The van der Waals surface area contributed by atoms with Crippen molar-refractivity contribution in [1.29, 1.82) is 0 Å². The number of hydrogen-bond acceptors (Lipinski definition) is 5. The molecular weight excluding hydrogens is 258 g/mol. The molecule has 7 heteroatoms. The largest absolute Gasteiger partial charge is 0.352 e. The molecule has 0 aliphatic rings. The first-order valence-corrected chi connectivity index (χ1v) is 6.27. The molecule has 20 heavy (non-hydrogen) atoms. The maximum Gasteiger partial charge on any atom is 0.253 e. The summed E-state index contributed by atoms with van der Waals surface area (Å²) in [5, 5.41) is 13.6. The van der Waals surface area contributed by atoms with Crippen molar-refractivity contribution in [2.75, 3.05) is 13.1 Å². The summed E-state index contributed by atoms with van der Waals surface area (Å²) in [6, 6.07) is 5.48. The summed E-state index contributed by atoms with van der Waals surface area (Å²) in [7, 11) is 0. The van der Waals surface area contributed by atoms with E-state index in [0.717, 1.165) is 5.56 Å². The van der Waals surface area contributed by atoms with Gasteiger partial charge in [0.1, 0.15) is 0 Å². The lowest BCUT2D eigenvalue weighted by Gasteiger charge is -2.10. The fraction of sp³-hybridized carbons (Fsp3) is 0.308. The Hall–Kier alpha value is -2.57. The summed E-state index contributed by atoms with van der Waals surface area (Å²) < 4.78 is 0. The highest BCUT2D eigenvalue weighted by Crippen LogP contribution is 2.14. The van der Waals surface area contributed by atoms with Gasteiger partial charge in [-0.05, 0) is 25.5 Å². The SMILES string of the molecule is Cc1ccc(-n2nccn2)c(C(=O)NCCCN=O)c1. The Morgan fingerprint density at radius 2 is 2.10 bits per heavy atom. The highest BCUT2D eigenvalue weighted by Gasteiger charge is 2.13. The predicted octanol–water partition coefficient (Wildman–Crippen LogP) is 1.46. The van der Waals surface area contributed by atoms with Crippen LogP contribution in [0.5, 0.6) is 0 Å². The highest BCUT2D eigenvalue weighted by molar-refractivity contribution is 5.97. The molecule has 1 aromatic heterocycles. The molecule has 1 aromatic carbocycles. The smallest absolute Gasteiger partial charge is 0.253 e. The third-order valence-corrected chi connectivity index (χ3v) is 2.74. The second-order valence-electron chi connectivity index (χ2n) is 4.30. The van der Waals surface area contributed by atoms with Gasteiger partial charge in [0, 0.05) is 6.54 Å². The summed E-state index contributed by atoms with van der Waals surface area (Å²) in [6.45, 7) is 2.51. The number of rotatable bonds is 6. The van der Waals surface area contributed by atoms with Gasteiger partial charge >= 0.3 is 0 Å². The number of aryl methyl sites for hydroxylation is 1. The first kappa shape index (κ1) is 13.9. The lowest BCUT2D eigenvalue weighted by Crippen LogP contribution is -2.26. The standard InChI is InChI=1S/C13H15N5O2/c1-10-3-4-12(18-15-7-8-16-18)11(9-10)13(19)14-5-2-6-17-20/h3-4,7-9H,2,5-6H2,1H3,(H,14,19). The van der Waals surface area contributed by atoms with Crippen molar-refractivity contribution >= 4 is 5.91 Å². The Balaban J connectivity index is 2.19. The van der Waals surface area contributed by atoms with Gasteiger partial charge in [-0.1, -0.05) is 16.8 Å². The number of carbonyl (C=O) groups excluding carboxylic acids is 1. The molecular formula is C13H15N5O2. The number of nitrogens with zero attached hydrogens (tertiary/aromatic N) is 4. The fourth-order valence-electron chi connectivity index (χ4n) is 1.79. The van der Waals surface area contributed by atoms with E-state index in [1.807, 2.05) is 13.0 Å². The van der Waals surface area contributed by atoms with Crippen molar-refractivity contribution in [3.05, 3.63) is 46.6 Å². The highest BCUT2D eigenvalue weighted by atomic mass is 16.3. The van der Waals surface area contributed by atoms with Crippen molar-refractivity contribution in [1.82, 2.24) is 20.3 Å². The zero-order valence-electron chi connectivity index (χ0n) is 11.1. The van der Waals surface area contributed by atoms with Gasteiger partial charge in [-0.2, -0.15) is 19.9 Å². The molecule has 0 aliphatic carbocycles. The van der Waals surface area contributed by atoms with E-state index in [-0.39, 0.29) is 12.5 Å². The number of hydrogen-bond donors (Lipinski definition) is 1. The van der Waals surface area contributed by atoms with E-state index >= 15 is 0 Å². The van der Waals surface area contributed by atoms with Gasteiger partial charge in [0.15, 0.2) is 0 Å². The molecule has 1 N–H and O–H groups in total. The average molecular weight is 273 g/mol. The van der Waals surface area contributed by atoms with Crippen LogP contribution >= 0.6 is 0 Å². The Bertz CT molecular complexity index is 595. The van der Waals surface area contributed by atoms with E-state index in [1.165, 1.54) is 4.80 Å². The molecule has 0 saturated carbocycles. The first-order valence-electron chi connectivity index (χ1n) is 6.27. The quantitative estimate of drug-likeness (QED) is 0.637. The molecule has 0 atom stereocenters. The molecule has 0 aliphatic heterocycles. The second-order valence-corrected chi connectivity index (χ2v) is 4.30. The molecule has 1 amide bonds. The normalized spacial score (nSPS) is 10.2. The van der Waals surface area contributed by atoms with Gasteiger partial charge in [-0.15, -0.1) is 0 Å². The maximum absolute atomic E-state index is 12.2. The van der Waals surface area contributed by atoms with Crippen molar-refractivity contribution < 1.29 is 4.79 Å². The van der Waals surface area contributed by atoms with Gasteiger partial charge in [0.05, 0.1) is 30.2 Å². The summed E-state index contributed by atoms with van der Waals surface area (Å²) in [6.07, 6.45) is 3.63. The van der Waals surface area contributed by atoms with Crippen LogP contribution in [0.1, 0.15) is 22.3 Å². The minimum absolute atomic E-state index is 0.196. The number of nitrogens with one attached hydrogen (secondary N) is 1. The van der Waals surface area contributed by atoms with Crippen LogP contribution in [0.2, 0.25) is 0 Å². The first-order chi connectivity index (χ1) is 9.72. The molecule has 0 bridgehead atoms. The fourth-order valence-corrected chi connectivity index (χ4v) is 1.79. The van der Waals surface area contributed by atoms with Gasteiger partial charge in [-0.3, -0.25) is 4.79 Å². The van der Waals surface area contributed by atoms with E-state index in [1.54, 1.807) is 24.5 Å². The summed E-state index contributed by atoms with van der Waals surface area (Å²) in [5.74, 6) is -0.216. The number of aromatic nitrogens is 3. The van der Waals surface area contributed by atoms with Crippen LogP contribution in [0, 0.1) is 11.8 Å². The third kappa shape index (κ3) is 3.25. The van der Waals surface area contributed by atoms with E-state index in [4.69, 9.17) is 0 Å². The minimum Gasteiger partial charge on any atom is -0.352 e. The molecule has 0 fully saturated rings. The Morgan fingerprint density at radius 3 is 2.80 bits per heavy atom. The molecule has 2 aromatic rings. The summed E-state index contributed by atoms with van der Waals surface area (Å²) in [5.41, 5.74) is 2.09. The van der Waals surface area contributed by atoms with Gasteiger partial charge < -0.3 is 5.32 Å². The van der Waals surface area contributed by atoms with Crippen LogP contribution < -0.4 is 5.32 Å². The van der Waals surface area contributed by atoms with Crippen molar-refractivity contribution in [2.45, 2.75) is 13.3 Å². The van der Waals surface area contributed by atoms with Crippen LogP contribution in [-0.4, -0.2) is 34.0 Å². The van der Waals surface area contributed by atoms with E-state index < -0.39 is 0 Å². The topological polar surface area (TPSA) is 89.2 Å². The van der Waals surface area contributed by atoms with E-state index in [9.17, 15) is 9.70 Å². The lowest BCUT2D eigenvalue weighted by molar-refractivity contribution is 0.0953. The molecule has 0 spiro atoms. The van der Waals surface area contributed by atoms with Crippen molar-refractivity contribution in [2.24, 2.45) is 5.18 Å². The monoisotopic (exact) mass is 273 g/mol. The summed E-state index contributed by atoms with van der Waals surface area (Å²) >= 11 is 0. The number of benzene rings is 1. The van der Waals surface area contributed by atoms with Crippen molar-refractivity contribution in [3.63, 3.8) is 0 Å². The molecule has 7 nitrogen and oxygen atoms in total. The van der Waals surface area contributed by atoms with Gasteiger partial charge in [0.25, 0.3) is 5.91 Å². The molecule has 1 heterocycles. The van der Waals surface area contributed by atoms with E-state index in [2.05, 4.69) is 20.7 Å². The molecule has 0 radical (unpaired) electrons. The van der Waals surface area contributed by atoms with Crippen molar-refractivity contribution in [3.8, 4) is 5.69 Å². The average Bonchev–Trinajstić information content (AvgIpc) is 2.97. The molecule has 0 saturated heterocycles.